The number of benzene rings is 1. The SMILES string of the molecule is CNc1ccccc1C(=O)N[C@@H]1CC=CC[C@H]1C. The number of allylic oxidation sites excluding steroid dienone is 1. The molecule has 0 saturated carbocycles. The maximum atomic E-state index is 12.3. The summed E-state index contributed by atoms with van der Waals surface area (Å²) in [5.41, 5.74) is 1.58. The van der Waals surface area contributed by atoms with Crippen LogP contribution in [-0.4, -0.2) is 19.0 Å². The summed E-state index contributed by atoms with van der Waals surface area (Å²) in [4.78, 5) is 12.3. The van der Waals surface area contributed by atoms with Crippen molar-refractivity contribution >= 4 is 11.6 Å². The van der Waals surface area contributed by atoms with E-state index in [1.54, 1.807) is 0 Å². The molecule has 0 spiro atoms. The second-order valence-electron chi connectivity index (χ2n) is 4.80. The summed E-state index contributed by atoms with van der Waals surface area (Å²) in [5.74, 6) is 0.507. The zero-order valence-electron chi connectivity index (χ0n) is 10.9. The van der Waals surface area contributed by atoms with Gasteiger partial charge >= 0.3 is 0 Å². The van der Waals surface area contributed by atoms with Crippen molar-refractivity contribution in [1.29, 1.82) is 0 Å². The van der Waals surface area contributed by atoms with Crippen LogP contribution in [0.3, 0.4) is 0 Å². The van der Waals surface area contributed by atoms with Gasteiger partial charge in [-0.25, -0.2) is 0 Å². The molecule has 0 radical (unpaired) electrons. The van der Waals surface area contributed by atoms with Crippen LogP contribution in [-0.2, 0) is 0 Å². The fraction of sp³-hybridized carbons (Fsp3) is 0.400. The minimum Gasteiger partial charge on any atom is -0.387 e. The summed E-state index contributed by atoms with van der Waals surface area (Å²) in [7, 11) is 1.83. The van der Waals surface area contributed by atoms with E-state index in [-0.39, 0.29) is 11.9 Å². The van der Waals surface area contributed by atoms with Crippen molar-refractivity contribution in [1.82, 2.24) is 5.32 Å². The molecule has 1 aliphatic rings. The van der Waals surface area contributed by atoms with Crippen LogP contribution < -0.4 is 10.6 Å². The molecule has 1 aliphatic carbocycles. The van der Waals surface area contributed by atoms with Crippen molar-refractivity contribution in [2.75, 3.05) is 12.4 Å². The van der Waals surface area contributed by atoms with E-state index in [9.17, 15) is 4.79 Å². The maximum absolute atomic E-state index is 12.3. The fourth-order valence-electron chi connectivity index (χ4n) is 2.30. The Morgan fingerprint density at radius 3 is 2.67 bits per heavy atom. The highest BCUT2D eigenvalue weighted by molar-refractivity contribution is 5.99. The fourth-order valence-corrected chi connectivity index (χ4v) is 2.30. The summed E-state index contributed by atoms with van der Waals surface area (Å²) in [5, 5.41) is 6.18. The number of hydrogen-bond donors (Lipinski definition) is 2. The smallest absolute Gasteiger partial charge is 0.253 e. The number of rotatable bonds is 3. The Morgan fingerprint density at radius 1 is 1.22 bits per heavy atom. The van der Waals surface area contributed by atoms with E-state index in [4.69, 9.17) is 0 Å². The highest BCUT2D eigenvalue weighted by Crippen LogP contribution is 2.20. The van der Waals surface area contributed by atoms with Gasteiger partial charge in [-0.15, -0.1) is 0 Å². The topological polar surface area (TPSA) is 41.1 Å². The molecule has 0 aliphatic heterocycles. The molecule has 2 rings (SSSR count). The predicted octanol–water partition coefficient (Wildman–Crippen LogP) is 2.81. The van der Waals surface area contributed by atoms with Crippen LogP contribution in [0.25, 0.3) is 0 Å². The molecule has 0 saturated heterocycles. The number of anilines is 1. The van der Waals surface area contributed by atoms with E-state index in [2.05, 4.69) is 29.7 Å². The van der Waals surface area contributed by atoms with Crippen LogP contribution in [0.4, 0.5) is 5.69 Å². The van der Waals surface area contributed by atoms with Crippen LogP contribution >= 0.6 is 0 Å². The Labute approximate surface area is 108 Å². The summed E-state index contributed by atoms with van der Waals surface area (Å²) in [6.07, 6.45) is 6.30. The zero-order chi connectivity index (χ0) is 13.0. The van der Waals surface area contributed by atoms with Gasteiger partial charge in [0.2, 0.25) is 0 Å². The molecule has 0 heterocycles. The molecule has 1 amide bonds. The zero-order valence-corrected chi connectivity index (χ0v) is 10.9. The van der Waals surface area contributed by atoms with Gasteiger partial charge in [0.05, 0.1) is 5.56 Å². The van der Waals surface area contributed by atoms with Gasteiger partial charge in [0, 0.05) is 18.8 Å². The average Bonchev–Trinajstić information content (AvgIpc) is 2.41. The molecule has 2 N–H and O–H groups in total. The third kappa shape index (κ3) is 2.73. The third-order valence-electron chi connectivity index (χ3n) is 3.51. The van der Waals surface area contributed by atoms with Crippen LogP contribution in [0, 0.1) is 5.92 Å². The molecule has 1 aromatic carbocycles. The number of carbonyl (C=O) groups is 1. The van der Waals surface area contributed by atoms with Crippen LogP contribution in [0.5, 0.6) is 0 Å². The van der Waals surface area contributed by atoms with Gasteiger partial charge in [-0.3, -0.25) is 4.79 Å². The second kappa shape index (κ2) is 5.71. The van der Waals surface area contributed by atoms with E-state index in [0.717, 1.165) is 18.5 Å². The van der Waals surface area contributed by atoms with E-state index >= 15 is 0 Å². The molecule has 0 bridgehead atoms. The van der Waals surface area contributed by atoms with E-state index in [1.165, 1.54) is 0 Å². The number of carbonyl (C=O) groups excluding carboxylic acids is 1. The monoisotopic (exact) mass is 244 g/mol. The molecule has 1 aromatic rings. The molecule has 0 unspecified atom stereocenters. The van der Waals surface area contributed by atoms with Crippen molar-refractivity contribution in [2.45, 2.75) is 25.8 Å². The van der Waals surface area contributed by atoms with Crippen LogP contribution in [0.2, 0.25) is 0 Å². The molecule has 3 nitrogen and oxygen atoms in total. The summed E-state index contributed by atoms with van der Waals surface area (Å²) in [6.45, 7) is 2.18. The van der Waals surface area contributed by atoms with Crippen molar-refractivity contribution in [3.05, 3.63) is 42.0 Å². The molecule has 18 heavy (non-hydrogen) atoms. The Kier molecular flexibility index (Phi) is 4.03. The van der Waals surface area contributed by atoms with Crippen molar-refractivity contribution in [3.8, 4) is 0 Å². The molecular weight excluding hydrogens is 224 g/mol. The highest BCUT2D eigenvalue weighted by atomic mass is 16.1. The van der Waals surface area contributed by atoms with Crippen molar-refractivity contribution < 1.29 is 4.79 Å². The summed E-state index contributed by atoms with van der Waals surface area (Å²) >= 11 is 0. The number of amides is 1. The first-order valence-electron chi connectivity index (χ1n) is 6.45. The molecule has 0 fully saturated rings. The van der Waals surface area contributed by atoms with Gasteiger partial charge in [0.15, 0.2) is 0 Å². The normalized spacial score (nSPS) is 22.6. The molecule has 0 aromatic heterocycles. The minimum atomic E-state index is 0.00657. The number of nitrogens with one attached hydrogen (secondary N) is 2. The van der Waals surface area contributed by atoms with E-state index in [1.807, 2.05) is 31.3 Å². The highest BCUT2D eigenvalue weighted by Gasteiger charge is 2.21. The van der Waals surface area contributed by atoms with Gasteiger partial charge < -0.3 is 10.6 Å². The van der Waals surface area contributed by atoms with Crippen LogP contribution in [0.1, 0.15) is 30.1 Å². The van der Waals surface area contributed by atoms with Gasteiger partial charge in [0.25, 0.3) is 5.91 Å². The summed E-state index contributed by atoms with van der Waals surface area (Å²) in [6, 6.07) is 7.82. The first-order valence-corrected chi connectivity index (χ1v) is 6.45. The Balaban J connectivity index is 2.09. The van der Waals surface area contributed by atoms with E-state index in [0.29, 0.717) is 11.5 Å². The average molecular weight is 244 g/mol. The molecular formula is C15H20N2O. The molecule has 96 valence electrons. The molecule has 3 heteroatoms. The lowest BCUT2D eigenvalue weighted by atomic mass is 9.90. The number of hydrogen-bond acceptors (Lipinski definition) is 2. The number of para-hydroxylation sites is 1. The Morgan fingerprint density at radius 2 is 1.94 bits per heavy atom. The standard InChI is InChI=1S/C15H20N2O/c1-11-7-3-5-9-13(11)17-15(18)12-8-4-6-10-14(12)16-2/h3-6,8,10-11,13,16H,7,9H2,1-2H3,(H,17,18)/t11-,13-/m1/s1. The van der Waals surface area contributed by atoms with Crippen LogP contribution in [0.15, 0.2) is 36.4 Å². The van der Waals surface area contributed by atoms with Gasteiger partial charge in [0.1, 0.15) is 0 Å². The predicted molar refractivity (Wildman–Crippen MR) is 74.8 cm³/mol. The van der Waals surface area contributed by atoms with Gasteiger partial charge in [-0.1, -0.05) is 31.2 Å². The Hall–Kier alpha value is -1.77. The minimum absolute atomic E-state index is 0.00657. The van der Waals surface area contributed by atoms with Gasteiger partial charge in [-0.2, -0.15) is 0 Å². The first-order chi connectivity index (χ1) is 8.72. The maximum Gasteiger partial charge on any atom is 0.253 e. The Bertz CT molecular complexity index is 454. The molecule has 2 atom stereocenters. The van der Waals surface area contributed by atoms with Gasteiger partial charge in [-0.05, 0) is 30.9 Å². The first kappa shape index (κ1) is 12.7. The lowest BCUT2D eigenvalue weighted by Crippen LogP contribution is -2.40. The third-order valence-corrected chi connectivity index (χ3v) is 3.51. The summed E-state index contributed by atoms with van der Waals surface area (Å²) < 4.78 is 0. The second-order valence-corrected chi connectivity index (χ2v) is 4.80. The lowest BCUT2D eigenvalue weighted by Gasteiger charge is -2.26. The van der Waals surface area contributed by atoms with Crippen molar-refractivity contribution in [2.24, 2.45) is 5.92 Å². The van der Waals surface area contributed by atoms with E-state index < -0.39 is 0 Å². The van der Waals surface area contributed by atoms with Crippen molar-refractivity contribution in [3.63, 3.8) is 0 Å². The lowest BCUT2D eigenvalue weighted by molar-refractivity contribution is 0.0924. The largest absolute Gasteiger partial charge is 0.387 e. The quantitative estimate of drug-likeness (QED) is 0.803.